The Labute approximate surface area is 146 Å². The molecule has 1 amide bonds. The highest BCUT2D eigenvalue weighted by Crippen LogP contribution is 2.18. The molecule has 132 valence electrons. The van der Waals surface area contributed by atoms with Crippen LogP contribution in [0.15, 0.2) is 47.1 Å². The van der Waals surface area contributed by atoms with E-state index in [0.29, 0.717) is 37.5 Å². The number of ether oxygens (including phenoxy) is 1. The average Bonchev–Trinajstić information content (AvgIpc) is 3.18. The summed E-state index contributed by atoms with van der Waals surface area (Å²) in [4.78, 5) is 26.4. The summed E-state index contributed by atoms with van der Waals surface area (Å²) in [5.74, 6) is 0.255. The Hall–Kier alpha value is -2.44. The highest BCUT2D eigenvalue weighted by molar-refractivity contribution is 5.94. The second-order valence-electron chi connectivity index (χ2n) is 6.08. The number of Topliss-reactive ketones (excluding diaryl/α,β-unsaturated/α-hetero) is 1. The summed E-state index contributed by atoms with van der Waals surface area (Å²) in [6.07, 6.45) is 1.86. The van der Waals surface area contributed by atoms with E-state index in [1.807, 2.05) is 18.2 Å². The van der Waals surface area contributed by atoms with Crippen molar-refractivity contribution in [3.05, 3.63) is 59.5 Å². The molecule has 3 rings (SSSR count). The fourth-order valence-electron chi connectivity index (χ4n) is 3.03. The Morgan fingerprint density at radius 2 is 2.16 bits per heavy atom. The van der Waals surface area contributed by atoms with E-state index in [-0.39, 0.29) is 17.7 Å². The lowest BCUT2D eigenvalue weighted by Gasteiger charge is -2.35. The van der Waals surface area contributed by atoms with Gasteiger partial charge in [0.05, 0.1) is 19.5 Å². The third-order valence-electron chi connectivity index (χ3n) is 4.37. The summed E-state index contributed by atoms with van der Waals surface area (Å²) in [7, 11) is 1.62. The van der Waals surface area contributed by atoms with E-state index >= 15 is 0 Å². The minimum atomic E-state index is -0.103. The Morgan fingerprint density at radius 1 is 1.28 bits per heavy atom. The van der Waals surface area contributed by atoms with Gasteiger partial charge < -0.3 is 14.5 Å². The maximum atomic E-state index is 12.3. The van der Waals surface area contributed by atoms with Crippen LogP contribution >= 0.6 is 0 Å². The molecular formula is C19H22N2O4. The summed E-state index contributed by atoms with van der Waals surface area (Å²) in [5, 5.41) is 2.63. The molecule has 1 aromatic heterocycles. The summed E-state index contributed by atoms with van der Waals surface area (Å²) in [5.41, 5.74) is 1.68. The maximum Gasteiger partial charge on any atom is 0.251 e. The smallest absolute Gasteiger partial charge is 0.251 e. The number of rotatable bonds is 6. The normalized spacial score (nSPS) is 18.0. The molecule has 1 unspecified atom stereocenters. The van der Waals surface area contributed by atoms with E-state index in [1.54, 1.807) is 25.2 Å². The number of benzene rings is 1. The van der Waals surface area contributed by atoms with Crippen LogP contribution in [0.4, 0.5) is 0 Å². The Balaban J connectivity index is 1.69. The summed E-state index contributed by atoms with van der Waals surface area (Å²) in [6, 6.07) is 10.9. The molecule has 1 atom stereocenters. The number of carbonyl (C=O) groups excluding carboxylic acids is 2. The van der Waals surface area contributed by atoms with E-state index in [1.165, 1.54) is 6.26 Å². The highest BCUT2D eigenvalue weighted by atomic mass is 16.5. The van der Waals surface area contributed by atoms with Crippen LogP contribution in [0.5, 0.6) is 0 Å². The molecule has 6 heteroatoms. The van der Waals surface area contributed by atoms with Gasteiger partial charge in [-0.25, -0.2) is 0 Å². The number of amides is 1. The van der Waals surface area contributed by atoms with Gasteiger partial charge in [-0.15, -0.1) is 0 Å². The highest BCUT2D eigenvalue weighted by Gasteiger charge is 2.26. The minimum Gasteiger partial charge on any atom is -0.461 e. The molecule has 2 heterocycles. The van der Waals surface area contributed by atoms with Crippen LogP contribution in [0.2, 0.25) is 0 Å². The first-order valence-electron chi connectivity index (χ1n) is 8.37. The van der Waals surface area contributed by atoms with E-state index in [0.717, 1.165) is 12.1 Å². The molecule has 0 saturated carbocycles. The van der Waals surface area contributed by atoms with Gasteiger partial charge in [-0.1, -0.05) is 12.1 Å². The van der Waals surface area contributed by atoms with Gasteiger partial charge in [-0.05, 0) is 29.8 Å². The van der Waals surface area contributed by atoms with Crippen molar-refractivity contribution in [2.45, 2.75) is 19.0 Å². The van der Waals surface area contributed by atoms with Crippen molar-refractivity contribution in [1.82, 2.24) is 10.2 Å². The third-order valence-corrected chi connectivity index (χ3v) is 4.37. The van der Waals surface area contributed by atoms with Crippen molar-refractivity contribution in [3.8, 4) is 0 Å². The summed E-state index contributed by atoms with van der Waals surface area (Å²) < 4.78 is 10.8. The van der Waals surface area contributed by atoms with E-state index < -0.39 is 0 Å². The first kappa shape index (κ1) is 17.4. The van der Waals surface area contributed by atoms with Gasteiger partial charge in [0, 0.05) is 38.2 Å². The minimum absolute atomic E-state index is 0.00462. The van der Waals surface area contributed by atoms with Crippen LogP contribution in [-0.2, 0) is 11.3 Å². The van der Waals surface area contributed by atoms with Gasteiger partial charge in [0.25, 0.3) is 5.91 Å². The monoisotopic (exact) mass is 342 g/mol. The zero-order chi connectivity index (χ0) is 17.6. The number of carbonyl (C=O) groups is 2. The Kier molecular flexibility index (Phi) is 5.63. The molecule has 0 spiro atoms. The molecule has 1 N–H and O–H groups in total. The molecule has 25 heavy (non-hydrogen) atoms. The van der Waals surface area contributed by atoms with E-state index in [9.17, 15) is 9.59 Å². The lowest BCUT2D eigenvalue weighted by Crippen LogP contribution is -2.45. The summed E-state index contributed by atoms with van der Waals surface area (Å²) >= 11 is 0. The van der Waals surface area contributed by atoms with Gasteiger partial charge in [-0.2, -0.15) is 0 Å². The number of morpholine rings is 1. The van der Waals surface area contributed by atoms with Crippen molar-refractivity contribution in [3.63, 3.8) is 0 Å². The number of furan rings is 1. The molecule has 0 aliphatic carbocycles. The van der Waals surface area contributed by atoms with E-state index in [2.05, 4.69) is 10.2 Å². The van der Waals surface area contributed by atoms with Crippen LogP contribution in [0.3, 0.4) is 0 Å². The topological polar surface area (TPSA) is 71.8 Å². The quantitative estimate of drug-likeness (QED) is 0.814. The van der Waals surface area contributed by atoms with Crippen molar-refractivity contribution < 1.29 is 18.7 Å². The van der Waals surface area contributed by atoms with Gasteiger partial charge in [0.1, 0.15) is 0 Å². The van der Waals surface area contributed by atoms with Crippen LogP contribution < -0.4 is 5.32 Å². The second kappa shape index (κ2) is 8.09. The fourth-order valence-corrected chi connectivity index (χ4v) is 3.03. The zero-order valence-corrected chi connectivity index (χ0v) is 14.2. The first-order chi connectivity index (χ1) is 12.2. The van der Waals surface area contributed by atoms with Crippen LogP contribution in [0.25, 0.3) is 0 Å². The SMILES string of the molecule is CNC(=O)c1cccc(CN2CCOCC2CC(=O)c2ccco2)c1. The van der Waals surface area contributed by atoms with Gasteiger partial charge >= 0.3 is 0 Å². The molecule has 6 nitrogen and oxygen atoms in total. The second-order valence-corrected chi connectivity index (χ2v) is 6.08. The van der Waals surface area contributed by atoms with Crippen LogP contribution in [0, 0.1) is 0 Å². The van der Waals surface area contributed by atoms with Crippen molar-refractivity contribution >= 4 is 11.7 Å². The molecule has 1 aromatic carbocycles. The maximum absolute atomic E-state index is 12.3. The zero-order valence-electron chi connectivity index (χ0n) is 14.2. The van der Waals surface area contributed by atoms with Gasteiger partial charge in [0.15, 0.2) is 11.5 Å². The molecule has 1 fully saturated rings. The van der Waals surface area contributed by atoms with Gasteiger partial charge in [0.2, 0.25) is 0 Å². The predicted octanol–water partition coefficient (Wildman–Crippen LogP) is 2.11. The average molecular weight is 342 g/mol. The third kappa shape index (κ3) is 4.35. The lowest BCUT2D eigenvalue weighted by atomic mass is 10.0. The standard InChI is InChI=1S/C19H22N2O4/c1-20-19(23)15-5-2-4-14(10-15)12-21-7-9-24-13-16(21)11-17(22)18-6-3-8-25-18/h2-6,8,10,16H,7,9,11-13H2,1H3,(H,20,23). The number of hydrogen-bond donors (Lipinski definition) is 1. The molecular weight excluding hydrogens is 320 g/mol. The lowest BCUT2D eigenvalue weighted by molar-refractivity contribution is -0.0128. The molecule has 2 aromatic rings. The van der Waals surface area contributed by atoms with Crippen LogP contribution in [0.1, 0.15) is 32.9 Å². The Morgan fingerprint density at radius 3 is 2.92 bits per heavy atom. The number of nitrogens with one attached hydrogen (secondary N) is 1. The number of nitrogens with zero attached hydrogens (tertiary/aromatic N) is 1. The van der Waals surface area contributed by atoms with E-state index in [4.69, 9.17) is 9.15 Å². The molecule has 1 aliphatic heterocycles. The molecule has 1 aliphatic rings. The number of ketones is 1. The molecule has 1 saturated heterocycles. The Bertz CT molecular complexity index is 727. The predicted molar refractivity (Wildman–Crippen MR) is 92.5 cm³/mol. The molecule has 0 bridgehead atoms. The van der Waals surface area contributed by atoms with Gasteiger partial charge in [-0.3, -0.25) is 14.5 Å². The largest absolute Gasteiger partial charge is 0.461 e. The van der Waals surface area contributed by atoms with Crippen molar-refractivity contribution in [2.24, 2.45) is 0 Å². The molecule has 0 radical (unpaired) electrons. The van der Waals surface area contributed by atoms with Crippen LogP contribution in [-0.4, -0.2) is 49.4 Å². The summed E-state index contributed by atoms with van der Waals surface area (Å²) in [6.45, 7) is 2.58. The number of hydrogen-bond acceptors (Lipinski definition) is 5. The first-order valence-corrected chi connectivity index (χ1v) is 8.37. The van der Waals surface area contributed by atoms with Crippen molar-refractivity contribution in [2.75, 3.05) is 26.8 Å². The van der Waals surface area contributed by atoms with Crippen molar-refractivity contribution in [1.29, 1.82) is 0 Å². The fraction of sp³-hybridized carbons (Fsp3) is 0.368.